The molecule has 0 aliphatic carbocycles. The molecule has 2 heterocycles. The Morgan fingerprint density at radius 2 is 1.79 bits per heavy atom. The van der Waals surface area contributed by atoms with Gasteiger partial charge in [-0.1, -0.05) is 18.2 Å². The molecule has 0 radical (unpaired) electrons. The number of H-pyrrole nitrogens is 1. The SMILES string of the molecule is NS(=O)(=O)c1ccccc1.c1cnc2cn[nH]c2c1. The van der Waals surface area contributed by atoms with E-state index in [4.69, 9.17) is 5.14 Å². The quantitative estimate of drug-likeness (QED) is 0.699. The fourth-order valence-corrected chi connectivity index (χ4v) is 1.92. The molecule has 0 bridgehead atoms. The highest BCUT2D eigenvalue weighted by molar-refractivity contribution is 7.89. The minimum absolute atomic E-state index is 0.148. The van der Waals surface area contributed by atoms with Crippen LogP contribution < -0.4 is 5.14 Å². The van der Waals surface area contributed by atoms with E-state index >= 15 is 0 Å². The van der Waals surface area contributed by atoms with Gasteiger partial charge in [-0.3, -0.25) is 10.1 Å². The summed E-state index contributed by atoms with van der Waals surface area (Å²) >= 11 is 0. The van der Waals surface area contributed by atoms with Crippen LogP contribution in [0.1, 0.15) is 0 Å². The van der Waals surface area contributed by atoms with Crippen molar-refractivity contribution >= 4 is 21.1 Å². The standard InChI is InChI=1S/C6H5N3.C6H7NO2S/c1-2-5-6(7-3-1)4-8-9-5;7-10(8,9)6-4-2-1-3-5-6/h1-4H,(H,8,9);1-5H,(H2,7,8,9). The van der Waals surface area contributed by atoms with Crippen LogP contribution in [-0.2, 0) is 10.0 Å². The van der Waals surface area contributed by atoms with E-state index in [0.717, 1.165) is 11.0 Å². The zero-order valence-electron chi connectivity index (χ0n) is 9.89. The molecule has 3 aromatic rings. The first kappa shape index (κ1) is 13.2. The van der Waals surface area contributed by atoms with Crippen molar-refractivity contribution in [3.05, 3.63) is 54.9 Å². The summed E-state index contributed by atoms with van der Waals surface area (Å²) in [6, 6.07) is 11.7. The first-order valence-corrected chi connectivity index (χ1v) is 6.94. The molecule has 0 fully saturated rings. The van der Waals surface area contributed by atoms with Crippen molar-refractivity contribution in [3.63, 3.8) is 0 Å². The minimum Gasteiger partial charge on any atom is -0.276 e. The maximum Gasteiger partial charge on any atom is 0.238 e. The number of hydrogen-bond donors (Lipinski definition) is 2. The van der Waals surface area contributed by atoms with Gasteiger partial charge in [0, 0.05) is 6.20 Å². The van der Waals surface area contributed by atoms with Gasteiger partial charge in [-0.25, -0.2) is 13.6 Å². The predicted molar refractivity (Wildman–Crippen MR) is 71.7 cm³/mol. The van der Waals surface area contributed by atoms with Crippen molar-refractivity contribution in [3.8, 4) is 0 Å². The number of nitrogens with one attached hydrogen (secondary N) is 1. The predicted octanol–water partition coefficient (Wildman–Crippen LogP) is 1.29. The fraction of sp³-hybridized carbons (Fsp3) is 0. The Hall–Kier alpha value is -2.25. The zero-order valence-corrected chi connectivity index (χ0v) is 10.7. The monoisotopic (exact) mass is 276 g/mol. The summed E-state index contributed by atoms with van der Waals surface area (Å²) in [7, 11) is -3.50. The van der Waals surface area contributed by atoms with Crippen molar-refractivity contribution in [2.24, 2.45) is 5.14 Å². The summed E-state index contributed by atoms with van der Waals surface area (Å²) in [5.74, 6) is 0. The Labute approximate surface area is 110 Å². The largest absolute Gasteiger partial charge is 0.276 e. The second kappa shape index (κ2) is 5.59. The van der Waals surface area contributed by atoms with Crippen molar-refractivity contribution in [2.45, 2.75) is 4.90 Å². The van der Waals surface area contributed by atoms with Gasteiger partial charge in [0.15, 0.2) is 0 Å². The van der Waals surface area contributed by atoms with Gasteiger partial charge in [0.2, 0.25) is 10.0 Å². The number of hydrogen-bond acceptors (Lipinski definition) is 4. The Morgan fingerprint density at radius 1 is 1.05 bits per heavy atom. The van der Waals surface area contributed by atoms with Gasteiger partial charge in [0.1, 0.15) is 5.52 Å². The van der Waals surface area contributed by atoms with Crippen molar-refractivity contribution in [1.82, 2.24) is 15.2 Å². The molecule has 1 aromatic carbocycles. The van der Waals surface area contributed by atoms with E-state index in [1.165, 1.54) is 12.1 Å². The third-order valence-electron chi connectivity index (χ3n) is 2.28. The number of nitrogens with zero attached hydrogens (tertiary/aromatic N) is 2. The van der Waals surface area contributed by atoms with E-state index < -0.39 is 10.0 Å². The van der Waals surface area contributed by atoms with Gasteiger partial charge in [-0.2, -0.15) is 5.10 Å². The maximum absolute atomic E-state index is 10.6. The summed E-state index contributed by atoms with van der Waals surface area (Å²) in [4.78, 5) is 4.20. The Morgan fingerprint density at radius 3 is 2.37 bits per heavy atom. The smallest absolute Gasteiger partial charge is 0.238 e. The van der Waals surface area contributed by atoms with E-state index in [2.05, 4.69) is 15.2 Å². The average molecular weight is 276 g/mol. The topological polar surface area (TPSA) is 102 Å². The van der Waals surface area contributed by atoms with E-state index in [-0.39, 0.29) is 4.90 Å². The second-order valence-electron chi connectivity index (χ2n) is 3.66. The molecular formula is C12H12N4O2S. The average Bonchev–Trinajstić information content (AvgIpc) is 2.88. The van der Waals surface area contributed by atoms with Gasteiger partial charge in [0.05, 0.1) is 16.6 Å². The van der Waals surface area contributed by atoms with E-state index in [0.29, 0.717) is 0 Å². The molecule has 3 rings (SSSR count). The van der Waals surface area contributed by atoms with Gasteiger partial charge >= 0.3 is 0 Å². The van der Waals surface area contributed by atoms with Gasteiger partial charge in [-0.15, -0.1) is 0 Å². The van der Waals surface area contributed by atoms with Crippen LogP contribution in [0, 0.1) is 0 Å². The number of pyridine rings is 1. The van der Waals surface area contributed by atoms with Crippen LogP contribution in [0.3, 0.4) is 0 Å². The summed E-state index contributed by atoms with van der Waals surface area (Å²) < 4.78 is 21.2. The summed E-state index contributed by atoms with van der Waals surface area (Å²) in [5.41, 5.74) is 1.90. The number of aromatic amines is 1. The molecule has 0 amide bonds. The number of nitrogens with two attached hydrogens (primary N) is 1. The lowest BCUT2D eigenvalue weighted by molar-refractivity contribution is 0.598. The van der Waals surface area contributed by atoms with Crippen LogP contribution in [0.4, 0.5) is 0 Å². The molecule has 0 spiro atoms. The van der Waals surface area contributed by atoms with E-state index in [1.807, 2.05) is 12.1 Å². The molecule has 6 nitrogen and oxygen atoms in total. The lowest BCUT2D eigenvalue weighted by atomic mass is 10.4. The molecule has 0 aliphatic heterocycles. The Kier molecular flexibility index (Phi) is 3.88. The highest BCUT2D eigenvalue weighted by Gasteiger charge is 2.03. The molecule has 2 aromatic heterocycles. The molecule has 0 saturated heterocycles. The maximum atomic E-state index is 10.6. The normalized spacial score (nSPS) is 10.8. The van der Waals surface area contributed by atoms with Gasteiger partial charge < -0.3 is 0 Å². The van der Waals surface area contributed by atoms with Gasteiger partial charge in [-0.05, 0) is 24.3 Å². The first-order chi connectivity index (χ1) is 9.07. The van der Waals surface area contributed by atoms with Crippen LogP contribution in [0.2, 0.25) is 0 Å². The van der Waals surface area contributed by atoms with Crippen LogP contribution >= 0.6 is 0 Å². The van der Waals surface area contributed by atoms with Crippen LogP contribution in [0.5, 0.6) is 0 Å². The van der Waals surface area contributed by atoms with E-state index in [9.17, 15) is 8.42 Å². The fourth-order valence-electron chi connectivity index (χ4n) is 1.39. The number of benzene rings is 1. The number of aromatic nitrogens is 3. The molecule has 98 valence electrons. The molecule has 0 unspecified atom stereocenters. The lowest BCUT2D eigenvalue weighted by Crippen LogP contribution is -2.11. The number of rotatable bonds is 1. The lowest BCUT2D eigenvalue weighted by Gasteiger charge is -1.93. The van der Waals surface area contributed by atoms with E-state index in [1.54, 1.807) is 30.6 Å². The Balaban J connectivity index is 0.000000141. The molecule has 3 N–H and O–H groups in total. The number of sulfonamides is 1. The summed E-state index contributed by atoms with van der Waals surface area (Å²) in [6.07, 6.45) is 3.45. The van der Waals surface area contributed by atoms with Gasteiger partial charge in [0.25, 0.3) is 0 Å². The van der Waals surface area contributed by atoms with Crippen molar-refractivity contribution in [2.75, 3.05) is 0 Å². The zero-order chi connectivity index (χ0) is 13.7. The molecule has 0 atom stereocenters. The molecule has 7 heteroatoms. The summed E-state index contributed by atoms with van der Waals surface area (Å²) in [6.45, 7) is 0. The summed E-state index contributed by atoms with van der Waals surface area (Å²) in [5, 5.41) is 11.4. The van der Waals surface area contributed by atoms with Crippen molar-refractivity contribution < 1.29 is 8.42 Å². The highest BCUT2D eigenvalue weighted by Crippen LogP contribution is 2.03. The number of primary sulfonamides is 1. The van der Waals surface area contributed by atoms with Crippen molar-refractivity contribution in [1.29, 1.82) is 0 Å². The first-order valence-electron chi connectivity index (χ1n) is 5.39. The number of fused-ring (bicyclic) bond motifs is 1. The van der Waals surface area contributed by atoms with Crippen LogP contribution in [0.25, 0.3) is 11.0 Å². The second-order valence-corrected chi connectivity index (χ2v) is 5.23. The third kappa shape index (κ3) is 3.60. The van der Waals surface area contributed by atoms with Crippen LogP contribution in [-0.4, -0.2) is 23.6 Å². The third-order valence-corrected chi connectivity index (χ3v) is 3.21. The van der Waals surface area contributed by atoms with Crippen LogP contribution in [0.15, 0.2) is 59.8 Å². The molecule has 0 aliphatic rings. The Bertz CT molecular complexity index is 723. The highest BCUT2D eigenvalue weighted by atomic mass is 32.2. The molecule has 0 saturated carbocycles. The molecular weight excluding hydrogens is 264 g/mol. The molecule has 19 heavy (non-hydrogen) atoms. The minimum atomic E-state index is -3.50.